The van der Waals surface area contributed by atoms with Gasteiger partial charge in [0.15, 0.2) is 10.8 Å². The number of β-lactam (4-membered cyclic amide) rings is 1. The fraction of sp³-hybridized carbons (Fsp3) is 0.364. The number of amides is 2. The van der Waals surface area contributed by atoms with Crippen molar-refractivity contribution in [3.05, 3.63) is 11.1 Å². The summed E-state index contributed by atoms with van der Waals surface area (Å²) >= 11 is 6.65. The molecule has 0 aromatic carbocycles. The zero-order chi connectivity index (χ0) is 20.4. The molecular weight excluding hydrogens is 440 g/mol. The van der Waals surface area contributed by atoms with Crippen LogP contribution in [0.3, 0.4) is 0 Å². The van der Waals surface area contributed by atoms with Crippen LogP contribution < -0.4 is 16.8 Å². The van der Waals surface area contributed by atoms with E-state index in [1.165, 1.54) is 12.5 Å². The molecule has 2 rings (SSSR count). The summed E-state index contributed by atoms with van der Waals surface area (Å²) in [6.07, 6.45) is 0. The quantitative estimate of drug-likeness (QED) is 0.124. The van der Waals surface area contributed by atoms with Crippen molar-refractivity contribution in [3.63, 3.8) is 0 Å². The van der Waals surface area contributed by atoms with Gasteiger partial charge in [-0.1, -0.05) is 29.1 Å². The number of aromatic nitrogens is 1. The maximum atomic E-state index is 12.5. The molecule has 0 spiro atoms. The van der Waals surface area contributed by atoms with Crippen LogP contribution >= 0.6 is 35.3 Å². The number of nitrogens with zero attached hydrogens (tertiary/aromatic N) is 3. The Bertz CT molecular complexity index is 899. The number of anilines is 1. The average molecular weight is 455 g/mol. The Labute approximate surface area is 167 Å². The maximum absolute atomic E-state index is 12.5. The molecule has 2 amide bonds. The number of oxime groups is 1. The molecule has 16 heteroatoms. The van der Waals surface area contributed by atoms with E-state index in [9.17, 15) is 22.6 Å². The lowest BCUT2D eigenvalue weighted by molar-refractivity contribution is -0.143. The molecule has 1 aromatic rings. The summed E-state index contributed by atoms with van der Waals surface area (Å²) in [6, 6.07) is -2.34. The van der Waals surface area contributed by atoms with Crippen LogP contribution in [0.15, 0.2) is 10.5 Å². The maximum Gasteiger partial charge on any atom is 0.362 e. The van der Waals surface area contributed by atoms with Crippen molar-refractivity contribution in [2.75, 3.05) is 18.6 Å². The minimum Gasteiger partial charge on any atom is -0.398 e. The van der Waals surface area contributed by atoms with Crippen LogP contribution in [0.4, 0.5) is 5.13 Å². The average Bonchev–Trinajstić information content (AvgIpc) is 2.98. The lowest BCUT2D eigenvalue weighted by atomic mass is 10.0. The number of thiazole rings is 1. The standard InChI is InChI=1S/C11H14N6O6S4/c1-23-16-6(4-2-25-10(12)14-4)8(18)15-7-5(3-26-11(13)24)17(9(7)19)27(20,21)22/h2,5,7H,3H2,1H3,(H2,12,14)(H2,13,24)(H,15,18)(H,20,21,22)/b16-6+/t5-,7+/m1/s1. The minimum absolute atomic E-state index is 0.00861. The molecule has 148 valence electrons. The highest BCUT2D eigenvalue weighted by atomic mass is 32.2. The summed E-state index contributed by atoms with van der Waals surface area (Å²) in [6.45, 7) is 0. The van der Waals surface area contributed by atoms with Gasteiger partial charge in [-0.3, -0.25) is 14.1 Å². The van der Waals surface area contributed by atoms with Gasteiger partial charge in [-0.05, 0) is 0 Å². The molecular formula is C11H14N6O6S4. The van der Waals surface area contributed by atoms with Gasteiger partial charge in [-0.25, -0.2) is 9.29 Å². The van der Waals surface area contributed by atoms with Crippen molar-refractivity contribution < 1.29 is 27.4 Å². The first-order valence-corrected chi connectivity index (χ1v) is 10.6. The molecule has 1 aliphatic heterocycles. The Morgan fingerprint density at radius 3 is 2.78 bits per heavy atom. The SMILES string of the molecule is CO/N=C(/C(=O)N[C@@H]1C(=O)N(S(=O)(=O)O)[C@@H]1CSC(N)=S)c1csc(N)n1. The Balaban J connectivity index is 2.22. The first kappa shape index (κ1) is 21.3. The highest BCUT2D eigenvalue weighted by molar-refractivity contribution is 8.22. The van der Waals surface area contributed by atoms with E-state index in [1.807, 2.05) is 0 Å². The number of rotatable bonds is 7. The van der Waals surface area contributed by atoms with Crippen LogP contribution in [0.5, 0.6) is 0 Å². The Morgan fingerprint density at radius 1 is 1.63 bits per heavy atom. The number of nitrogens with one attached hydrogen (secondary N) is 1. The molecule has 0 bridgehead atoms. The van der Waals surface area contributed by atoms with E-state index in [0.717, 1.165) is 23.1 Å². The summed E-state index contributed by atoms with van der Waals surface area (Å²) < 4.78 is 32.2. The molecule has 27 heavy (non-hydrogen) atoms. The minimum atomic E-state index is -4.81. The number of nitrogens with two attached hydrogens (primary N) is 2. The van der Waals surface area contributed by atoms with Gasteiger partial charge in [-0.15, -0.1) is 11.3 Å². The topological polar surface area (TPSA) is 190 Å². The van der Waals surface area contributed by atoms with Crippen LogP contribution in [0.25, 0.3) is 0 Å². The molecule has 2 atom stereocenters. The number of carbonyl (C=O) groups is 2. The molecule has 1 saturated heterocycles. The smallest absolute Gasteiger partial charge is 0.362 e. The van der Waals surface area contributed by atoms with Crippen molar-refractivity contribution in [1.29, 1.82) is 0 Å². The molecule has 1 aliphatic rings. The summed E-state index contributed by atoms with van der Waals surface area (Å²) in [4.78, 5) is 33.1. The van der Waals surface area contributed by atoms with Gasteiger partial charge < -0.3 is 21.6 Å². The van der Waals surface area contributed by atoms with Crippen molar-refractivity contribution in [2.45, 2.75) is 12.1 Å². The predicted molar refractivity (Wildman–Crippen MR) is 103 cm³/mol. The second-order valence-electron chi connectivity index (χ2n) is 4.95. The lowest BCUT2D eigenvalue weighted by Crippen LogP contribution is -2.73. The third-order valence-electron chi connectivity index (χ3n) is 3.26. The van der Waals surface area contributed by atoms with Gasteiger partial charge in [0.25, 0.3) is 11.8 Å². The number of hydrogen-bond acceptors (Lipinski definition) is 11. The van der Waals surface area contributed by atoms with Gasteiger partial charge in [-0.2, -0.15) is 8.42 Å². The van der Waals surface area contributed by atoms with Gasteiger partial charge in [0.1, 0.15) is 23.2 Å². The van der Waals surface area contributed by atoms with Gasteiger partial charge in [0.2, 0.25) is 0 Å². The summed E-state index contributed by atoms with van der Waals surface area (Å²) in [5.74, 6) is -1.93. The second kappa shape index (κ2) is 8.34. The van der Waals surface area contributed by atoms with E-state index in [4.69, 9.17) is 23.7 Å². The van der Waals surface area contributed by atoms with E-state index in [0.29, 0.717) is 0 Å². The molecule has 1 aromatic heterocycles. The van der Waals surface area contributed by atoms with Gasteiger partial charge >= 0.3 is 10.3 Å². The molecule has 2 heterocycles. The van der Waals surface area contributed by atoms with Crippen LogP contribution in [-0.4, -0.2) is 69.1 Å². The molecule has 12 nitrogen and oxygen atoms in total. The largest absolute Gasteiger partial charge is 0.398 e. The normalized spacial score (nSPS) is 20.1. The van der Waals surface area contributed by atoms with E-state index in [-0.39, 0.29) is 30.9 Å². The fourth-order valence-corrected chi connectivity index (χ4v) is 4.60. The van der Waals surface area contributed by atoms with E-state index in [1.54, 1.807) is 0 Å². The van der Waals surface area contributed by atoms with Crippen LogP contribution in [0, 0.1) is 0 Å². The summed E-state index contributed by atoms with van der Waals surface area (Å²) in [5, 5.41) is 7.55. The van der Waals surface area contributed by atoms with Crippen LogP contribution in [0.2, 0.25) is 0 Å². The van der Waals surface area contributed by atoms with E-state index in [2.05, 4.69) is 20.3 Å². The third kappa shape index (κ3) is 4.83. The fourth-order valence-electron chi connectivity index (χ4n) is 2.19. The van der Waals surface area contributed by atoms with E-state index < -0.39 is 34.2 Å². The van der Waals surface area contributed by atoms with Crippen molar-refractivity contribution in [1.82, 2.24) is 14.6 Å². The Hall–Kier alpha value is -2.01. The monoisotopic (exact) mass is 454 g/mol. The van der Waals surface area contributed by atoms with Crippen LogP contribution in [-0.2, 0) is 24.7 Å². The van der Waals surface area contributed by atoms with Crippen molar-refractivity contribution in [2.24, 2.45) is 10.9 Å². The second-order valence-corrected chi connectivity index (χ2v) is 8.89. The molecule has 6 N–H and O–H groups in total. The number of carbonyl (C=O) groups excluding carboxylic acids is 2. The number of thiocarbonyl (C=S) groups is 1. The summed E-state index contributed by atoms with van der Waals surface area (Å²) in [7, 11) is -3.60. The first-order chi connectivity index (χ1) is 12.6. The molecule has 0 radical (unpaired) electrons. The summed E-state index contributed by atoms with van der Waals surface area (Å²) in [5.41, 5.74) is 10.7. The zero-order valence-electron chi connectivity index (χ0n) is 13.6. The number of hydrogen-bond donors (Lipinski definition) is 4. The Morgan fingerprint density at radius 2 is 2.30 bits per heavy atom. The van der Waals surface area contributed by atoms with Crippen molar-refractivity contribution >= 4 is 72.6 Å². The molecule has 1 fully saturated rings. The van der Waals surface area contributed by atoms with Gasteiger partial charge in [0.05, 0.1) is 6.04 Å². The first-order valence-electron chi connectivity index (χ1n) is 6.92. The highest BCUT2D eigenvalue weighted by Crippen LogP contribution is 2.27. The molecule has 0 aliphatic carbocycles. The van der Waals surface area contributed by atoms with Gasteiger partial charge in [0, 0.05) is 11.1 Å². The molecule has 0 saturated carbocycles. The zero-order valence-corrected chi connectivity index (χ0v) is 16.8. The lowest BCUT2D eigenvalue weighted by Gasteiger charge is -2.43. The van der Waals surface area contributed by atoms with Crippen molar-refractivity contribution in [3.8, 4) is 0 Å². The predicted octanol–water partition coefficient (Wildman–Crippen LogP) is -1.45. The highest BCUT2D eigenvalue weighted by Gasteiger charge is 2.54. The Kier molecular flexibility index (Phi) is 6.58. The number of thioether (sulfide) groups is 1. The molecule has 0 unspecified atom stereocenters. The third-order valence-corrected chi connectivity index (χ3v) is 6.03. The van der Waals surface area contributed by atoms with E-state index >= 15 is 0 Å². The van der Waals surface area contributed by atoms with Crippen LogP contribution in [0.1, 0.15) is 5.69 Å². The number of nitrogen functional groups attached to an aromatic ring is 1.